The zero-order valence-corrected chi connectivity index (χ0v) is 13.1. The van der Waals surface area contributed by atoms with Crippen LogP contribution in [0.25, 0.3) is 0 Å². The van der Waals surface area contributed by atoms with Crippen LogP contribution in [0.1, 0.15) is 29.9 Å². The average Bonchev–Trinajstić information content (AvgIpc) is 2.73. The molecule has 0 saturated heterocycles. The van der Waals surface area contributed by atoms with Gasteiger partial charge in [0.1, 0.15) is 0 Å². The molecule has 0 aliphatic rings. The Balaban J connectivity index is 0.00000220. The number of pyridine rings is 1. The number of nitrogen functional groups attached to an aromatic ring is 1. The fourth-order valence-corrected chi connectivity index (χ4v) is 2.02. The van der Waals surface area contributed by atoms with Crippen molar-refractivity contribution in [1.82, 2.24) is 20.1 Å². The number of anilines is 1. The molecule has 3 N–H and O–H groups in total. The lowest BCUT2D eigenvalue weighted by Crippen LogP contribution is -2.28. The molecule has 0 fully saturated rings. The van der Waals surface area contributed by atoms with Gasteiger partial charge in [-0.05, 0) is 26.0 Å². The summed E-state index contributed by atoms with van der Waals surface area (Å²) in [4.78, 5) is 16.1. The number of carbonyl (C=O) groups excluding carboxylic acids is 1. The van der Waals surface area contributed by atoms with Crippen LogP contribution in [0.2, 0.25) is 0 Å². The van der Waals surface area contributed by atoms with Gasteiger partial charge in [-0.1, -0.05) is 0 Å². The van der Waals surface area contributed by atoms with Gasteiger partial charge in [0.15, 0.2) is 0 Å². The lowest BCUT2D eigenvalue weighted by atomic mass is 10.1. The van der Waals surface area contributed by atoms with E-state index < -0.39 is 0 Å². The number of carbonyl (C=O) groups is 1. The lowest BCUT2D eigenvalue weighted by Gasteiger charge is -2.13. The molecule has 0 spiro atoms. The van der Waals surface area contributed by atoms with E-state index in [0.717, 1.165) is 11.3 Å². The van der Waals surface area contributed by atoms with Gasteiger partial charge in [0, 0.05) is 24.0 Å². The fraction of sp³-hybridized carbons (Fsp3) is 0.357. The monoisotopic (exact) mass is 309 g/mol. The first-order chi connectivity index (χ1) is 9.47. The number of nitrogens with two attached hydrogens (primary N) is 1. The molecule has 2 rings (SSSR count). The number of halogens is 1. The molecule has 2 heterocycles. The zero-order valence-electron chi connectivity index (χ0n) is 12.3. The van der Waals surface area contributed by atoms with Crippen LogP contribution in [0.4, 0.5) is 5.69 Å². The Bertz CT molecular complexity index is 608. The van der Waals surface area contributed by atoms with Gasteiger partial charge in [-0.2, -0.15) is 5.10 Å². The van der Waals surface area contributed by atoms with E-state index in [1.807, 2.05) is 20.9 Å². The van der Waals surface area contributed by atoms with Crippen molar-refractivity contribution in [1.29, 1.82) is 0 Å². The fourth-order valence-electron chi connectivity index (χ4n) is 2.02. The van der Waals surface area contributed by atoms with E-state index in [2.05, 4.69) is 15.4 Å². The number of amides is 1. The minimum absolute atomic E-state index is 0. The number of aromatic nitrogens is 3. The Morgan fingerprint density at radius 3 is 2.67 bits per heavy atom. The van der Waals surface area contributed by atoms with E-state index in [-0.39, 0.29) is 30.8 Å². The first-order valence-corrected chi connectivity index (χ1v) is 6.45. The number of hydrogen-bond acceptors (Lipinski definition) is 4. The normalized spacial score (nSPS) is 11.6. The summed E-state index contributed by atoms with van der Waals surface area (Å²) in [6.07, 6.45) is 3.57. The highest BCUT2D eigenvalue weighted by atomic mass is 35.5. The molecule has 0 aliphatic heterocycles. The molecule has 1 amide bonds. The maximum absolute atomic E-state index is 12.0. The number of nitrogens with one attached hydrogen (secondary N) is 1. The molecule has 0 aliphatic carbocycles. The molecule has 1 unspecified atom stereocenters. The van der Waals surface area contributed by atoms with Gasteiger partial charge in [-0.3, -0.25) is 14.5 Å². The highest BCUT2D eigenvalue weighted by Crippen LogP contribution is 2.16. The highest BCUT2D eigenvalue weighted by Gasteiger charge is 2.14. The highest BCUT2D eigenvalue weighted by molar-refractivity contribution is 5.85. The largest absolute Gasteiger partial charge is 0.397 e. The quantitative estimate of drug-likeness (QED) is 0.897. The average molecular weight is 310 g/mol. The number of aryl methyl sites for hydroxylation is 1. The predicted molar refractivity (Wildman–Crippen MR) is 84.1 cm³/mol. The van der Waals surface area contributed by atoms with Crippen molar-refractivity contribution in [2.75, 3.05) is 5.73 Å². The summed E-state index contributed by atoms with van der Waals surface area (Å²) in [6.45, 7) is 3.92. The summed E-state index contributed by atoms with van der Waals surface area (Å²) < 4.78 is 1.79. The van der Waals surface area contributed by atoms with Crippen molar-refractivity contribution >= 4 is 24.0 Å². The van der Waals surface area contributed by atoms with Gasteiger partial charge in [0.25, 0.3) is 0 Å². The molecular weight excluding hydrogens is 290 g/mol. The molecule has 7 heteroatoms. The molecule has 2 aromatic rings. The van der Waals surface area contributed by atoms with Crippen molar-refractivity contribution < 1.29 is 4.79 Å². The minimum atomic E-state index is -0.0787. The van der Waals surface area contributed by atoms with E-state index in [1.54, 1.807) is 29.2 Å². The van der Waals surface area contributed by atoms with Crippen LogP contribution in [0, 0.1) is 6.92 Å². The van der Waals surface area contributed by atoms with Gasteiger partial charge in [-0.15, -0.1) is 12.4 Å². The second kappa shape index (κ2) is 7.08. The van der Waals surface area contributed by atoms with Crippen LogP contribution in [-0.2, 0) is 18.3 Å². The third kappa shape index (κ3) is 4.19. The van der Waals surface area contributed by atoms with Crippen LogP contribution >= 0.6 is 12.4 Å². The van der Waals surface area contributed by atoms with E-state index in [1.165, 1.54) is 0 Å². The topological polar surface area (TPSA) is 85.8 Å². The zero-order chi connectivity index (χ0) is 14.7. The maximum atomic E-state index is 12.0. The van der Waals surface area contributed by atoms with E-state index in [4.69, 9.17) is 5.73 Å². The van der Waals surface area contributed by atoms with Crippen LogP contribution in [0.3, 0.4) is 0 Å². The van der Waals surface area contributed by atoms with Crippen molar-refractivity contribution in [2.24, 2.45) is 7.05 Å². The molecule has 0 saturated carbocycles. The van der Waals surface area contributed by atoms with Crippen LogP contribution in [-0.4, -0.2) is 20.7 Å². The predicted octanol–water partition coefficient (Wildman–Crippen LogP) is 1.55. The SMILES string of the molecule is Cc1c(C(C)NC(=O)Cc2ccc(N)cn2)cnn1C.Cl. The number of rotatable bonds is 4. The van der Waals surface area contributed by atoms with Gasteiger partial charge in [0.2, 0.25) is 5.91 Å². The first kappa shape index (κ1) is 17.0. The molecule has 0 radical (unpaired) electrons. The second-order valence-electron chi connectivity index (χ2n) is 4.86. The molecule has 0 aromatic carbocycles. The Morgan fingerprint density at radius 2 is 2.14 bits per heavy atom. The third-order valence-electron chi connectivity index (χ3n) is 3.31. The van der Waals surface area contributed by atoms with Crippen LogP contribution < -0.4 is 11.1 Å². The van der Waals surface area contributed by atoms with Gasteiger partial charge in [-0.25, -0.2) is 0 Å². The summed E-state index contributed by atoms with van der Waals surface area (Å²) in [7, 11) is 1.88. The van der Waals surface area contributed by atoms with E-state index in [0.29, 0.717) is 11.4 Å². The van der Waals surface area contributed by atoms with Crippen molar-refractivity contribution in [2.45, 2.75) is 26.3 Å². The molecular formula is C14H20ClN5O. The molecule has 6 nitrogen and oxygen atoms in total. The molecule has 0 bridgehead atoms. The number of hydrogen-bond donors (Lipinski definition) is 2. The van der Waals surface area contributed by atoms with Crippen LogP contribution in [0.15, 0.2) is 24.5 Å². The first-order valence-electron chi connectivity index (χ1n) is 6.45. The summed E-state index contributed by atoms with van der Waals surface area (Å²) >= 11 is 0. The van der Waals surface area contributed by atoms with Crippen LogP contribution in [0.5, 0.6) is 0 Å². The Labute approximate surface area is 130 Å². The summed E-state index contributed by atoms with van der Waals surface area (Å²) in [6, 6.07) is 3.42. The Hall–Kier alpha value is -2.08. The van der Waals surface area contributed by atoms with Gasteiger partial charge < -0.3 is 11.1 Å². The van der Waals surface area contributed by atoms with Gasteiger partial charge in [0.05, 0.1) is 30.5 Å². The molecule has 114 valence electrons. The van der Waals surface area contributed by atoms with E-state index >= 15 is 0 Å². The Morgan fingerprint density at radius 1 is 1.43 bits per heavy atom. The lowest BCUT2D eigenvalue weighted by molar-refractivity contribution is -0.121. The molecule has 2 aromatic heterocycles. The second-order valence-corrected chi connectivity index (χ2v) is 4.86. The smallest absolute Gasteiger partial charge is 0.226 e. The summed E-state index contributed by atoms with van der Waals surface area (Å²) in [5.41, 5.74) is 8.92. The van der Waals surface area contributed by atoms with Crippen molar-refractivity contribution in [3.63, 3.8) is 0 Å². The van der Waals surface area contributed by atoms with Crippen molar-refractivity contribution in [3.05, 3.63) is 41.5 Å². The van der Waals surface area contributed by atoms with Crippen molar-refractivity contribution in [3.8, 4) is 0 Å². The Kier molecular flexibility index (Phi) is 5.72. The maximum Gasteiger partial charge on any atom is 0.226 e. The standard InChI is InChI=1S/C14H19N5O.ClH/c1-9(13-8-17-19(3)10(13)2)18-14(20)6-12-5-4-11(15)7-16-12;/h4-5,7-9H,6,15H2,1-3H3,(H,18,20);1H. The minimum Gasteiger partial charge on any atom is -0.397 e. The number of nitrogens with zero attached hydrogens (tertiary/aromatic N) is 3. The van der Waals surface area contributed by atoms with Gasteiger partial charge >= 0.3 is 0 Å². The third-order valence-corrected chi connectivity index (χ3v) is 3.31. The molecule has 1 atom stereocenters. The molecule has 21 heavy (non-hydrogen) atoms. The summed E-state index contributed by atoms with van der Waals surface area (Å²) in [5.74, 6) is -0.0713. The summed E-state index contributed by atoms with van der Waals surface area (Å²) in [5, 5.41) is 7.13. The van der Waals surface area contributed by atoms with E-state index in [9.17, 15) is 4.79 Å².